The third-order valence-electron chi connectivity index (χ3n) is 3.00. The molecule has 0 aliphatic heterocycles. The van der Waals surface area contributed by atoms with Crippen LogP contribution in [0.4, 0.5) is 5.69 Å². The van der Waals surface area contributed by atoms with E-state index < -0.39 is 5.92 Å². The van der Waals surface area contributed by atoms with E-state index in [1.165, 1.54) is 0 Å². The van der Waals surface area contributed by atoms with Crippen molar-refractivity contribution in [2.24, 2.45) is 11.8 Å². The maximum atomic E-state index is 12.3. The zero-order chi connectivity index (χ0) is 13.7. The highest BCUT2D eigenvalue weighted by atomic mass is 16.2. The number of benzene rings is 1. The van der Waals surface area contributed by atoms with Crippen molar-refractivity contribution in [3.63, 3.8) is 0 Å². The molecule has 3 heteroatoms. The van der Waals surface area contributed by atoms with Crippen molar-refractivity contribution in [2.75, 3.05) is 11.4 Å². The summed E-state index contributed by atoms with van der Waals surface area (Å²) in [5, 5.41) is 9.10. The van der Waals surface area contributed by atoms with Gasteiger partial charge in [0.1, 0.15) is 5.92 Å². The van der Waals surface area contributed by atoms with Crippen LogP contribution >= 0.6 is 0 Å². The lowest BCUT2D eigenvalue weighted by Gasteiger charge is -2.25. The van der Waals surface area contributed by atoms with Crippen molar-refractivity contribution in [2.45, 2.75) is 27.7 Å². The number of nitrogens with zero attached hydrogens (tertiary/aromatic N) is 2. The molecule has 0 fully saturated rings. The van der Waals surface area contributed by atoms with E-state index in [2.05, 4.69) is 6.07 Å². The molecule has 0 bridgehead atoms. The monoisotopic (exact) mass is 244 g/mol. The van der Waals surface area contributed by atoms with E-state index in [0.29, 0.717) is 6.54 Å². The number of rotatable bonds is 4. The number of hydrogen-bond acceptors (Lipinski definition) is 2. The van der Waals surface area contributed by atoms with Crippen molar-refractivity contribution < 1.29 is 4.79 Å². The first-order valence-corrected chi connectivity index (χ1v) is 6.29. The van der Waals surface area contributed by atoms with Gasteiger partial charge in [0.05, 0.1) is 6.07 Å². The van der Waals surface area contributed by atoms with Crippen LogP contribution in [0.3, 0.4) is 0 Å². The van der Waals surface area contributed by atoms with E-state index in [4.69, 9.17) is 5.26 Å². The Morgan fingerprint density at radius 1 is 1.33 bits per heavy atom. The van der Waals surface area contributed by atoms with E-state index >= 15 is 0 Å². The van der Waals surface area contributed by atoms with Crippen molar-refractivity contribution in [1.82, 2.24) is 0 Å². The summed E-state index contributed by atoms with van der Waals surface area (Å²) in [4.78, 5) is 14.0. The Balaban J connectivity index is 3.00. The van der Waals surface area contributed by atoms with E-state index in [-0.39, 0.29) is 11.8 Å². The lowest BCUT2D eigenvalue weighted by atomic mass is 9.95. The van der Waals surface area contributed by atoms with Gasteiger partial charge in [-0.25, -0.2) is 0 Å². The second kappa shape index (κ2) is 6.20. The molecule has 1 atom stereocenters. The van der Waals surface area contributed by atoms with Gasteiger partial charge in [0.2, 0.25) is 5.91 Å². The van der Waals surface area contributed by atoms with Gasteiger partial charge >= 0.3 is 0 Å². The topological polar surface area (TPSA) is 44.1 Å². The summed E-state index contributed by atoms with van der Waals surface area (Å²) in [5.74, 6) is -0.660. The zero-order valence-corrected chi connectivity index (χ0v) is 11.5. The fraction of sp³-hybridized carbons (Fsp3) is 0.467. The van der Waals surface area contributed by atoms with Crippen LogP contribution in [0.15, 0.2) is 24.3 Å². The molecule has 0 aromatic heterocycles. The quantitative estimate of drug-likeness (QED) is 0.816. The van der Waals surface area contributed by atoms with Gasteiger partial charge in [0, 0.05) is 12.2 Å². The summed E-state index contributed by atoms with van der Waals surface area (Å²) in [6.07, 6.45) is 0. The van der Waals surface area contributed by atoms with Gasteiger partial charge < -0.3 is 4.90 Å². The molecule has 0 radical (unpaired) electrons. The standard InChI is InChI=1S/C15H20N2O/c1-5-17(13-8-6-12(4)7-9-13)15(18)14(10-16)11(2)3/h6-9,11,14H,5H2,1-4H3. The Labute approximate surface area is 109 Å². The Kier molecular flexibility index (Phi) is 4.91. The molecule has 0 spiro atoms. The normalized spacial score (nSPS) is 12.0. The summed E-state index contributed by atoms with van der Waals surface area (Å²) in [5.41, 5.74) is 2.01. The molecule has 1 rings (SSSR count). The predicted octanol–water partition coefficient (Wildman–Crippen LogP) is 3.14. The lowest BCUT2D eigenvalue weighted by molar-refractivity contribution is -0.121. The third-order valence-corrected chi connectivity index (χ3v) is 3.00. The number of hydrogen-bond donors (Lipinski definition) is 0. The van der Waals surface area contributed by atoms with Gasteiger partial charge in [-0.2, -0.15) is 5.26 Å². The molecule has 1 unspecified atom stereocenters. The van der Waals surface area contributed by atoms with Gasteiger partial charge in [-0.3, -0.25) is 4.79 Å². The second-order valence-electron chi connectivity index (χ2n) is 4.77. The Morgan fingerprint density at radius 2 is 1.89 bits per heavy atom. The van der Waals surface area contributed by atoms with Crippen LogP contribution < -0.4 is 4.90 Å². The van der Waals surface area contributed by atoms with E-state index in [1.54, 1.807) is 4.90 Å². The zero-order valence-electron chi connectivity index (χ0n) is 11.5. The molecular formula is C15H20N2O. The highest BCUT2D eigenvalue weighted by Gasteiger charge is 2.26. The predicted molar refractivity (Wildman–Crippen MR) is 73.1 cm³/mol. The molecule has 0 N–H and O–H groups in total. The van der Waals surface area contributed by atoms with Gasteiger partial charge in [0.25, 0.3) is 0 Å². The van der Waals surface area contributed by atoms with Gasteiger partial charge in [0.15, 0.2) is 0 Å². The minimum atomic E-state index is -0.578. The fourth-order valence-electron chi connectivity index (χ4n) is 1.85. The molecule has 1 amide bonds. The molecule has 96 valence electrons. The number of amides is 1. The van der Waals surface area contributed by atoms with Crippen LogP contribution in [-0.2, 0) is 4.79 Å². The molecule has 1 aromatic rings. The molecule has 0 saturated carbocycles. The molecule has 0 saturated heterocycles. The Bertz CT molecular complexity index is 443. The van der Waals surface area contributed by atoms with E-state index in [0.717, 1.165) is 11.3 Å². The largest absolute Gasteiger partial charge is 0.312 e. The first kappa shape index (κ1) is 14.2. The highest BCUT2D eigenvalue weighted by molar-refractivity contribution is 5.96. The second-order valence-corrected chi connectivity index (χ2v) is 4.77. The van der Waals surface area contributed by atoms with Crippen molar-refractivity contribution in [3.05, 3.63) is 29.8 Å². The van der Waals surface area contributed by atoms with Crippen LogP contribution in [0.5, 0.6) is 0 Å². The highest BCUT2D eigenvalue weighted by Crippen LogP contribution is 2.20. The first-order chi connectivity index (χ1) is 8.51. The van der Waals surface area contributed by atoms with Gasteiger partial charge in [-0.1, -0.05) is 31.5 Å². The van der Waals surface area contributed by atoms with Crippen LogP contribution in [0.25, 0.3) is 0 Å². The van der Waals surface area contributed by atoms with Crippen LogP contribution in [0.1, 0.15) is 26.3 Å². The molecule has 1 aromatic carbocycles. The fourth-order valence-corrected chi connectivity index (χ4v) is 1.85. The summed E-state index contributed by atoms with van der Waals surface area (Å²) >= 11 is 0. The van der Waals surface area contributed by atoms with Crippen LogP contribution in [-0.4, -0.2) is 12.5 Å². The van der Waals surface area contributed by atoms with Crippen LogP contribution in [0, 0.1) is 30.1 Å². The SMILES string of the molecule is CCN(C(=O)C(C#N)C(C)C)c1ccc(C)cc1. The third kappa shape index (κ3) is 3.10. The molecular weight excluding hydrogens is 224 g/mol. The minimum absolute atomic E-state index is 0.0296. The van der Waals surface area contributed by atoms with Crippen molar-refractivity contribution >= 4 is 11.6 Å². The summed E-state index contributed by atoms with van der Waals surface area (Å²) < 4.78 is 0. The molecule has 0 aliphatic carbocycles. The molecule has 3 nitrogen and oxygen atoms in total. The molecule has 18 heavy (non-hydrogen) atoms. The average molecular weight is 244 g/mol. The smallest absolute Gasteiger partial charge is 0.244 e. The number of carbonyl (C=O) groups is 1. The summed E-state index contributed by atoms with van der Waals surface area (Å²) in [7, 11) is 0. The number of aryl methyl sites for hydroxylation is 1. The van der Waals surface area contributed by atoms with Crippen LogP contribution in [0.2, 0.25) is 0 Å². The molecule has 0 aliphatic rings. The average Bonchev–Trinajstić information content (AvgIpc) is 2.33. The van der Waals surface area contributed by atoms with E-state index in [9.17, 15) is 4.79 Å². The summed E-state index contributed by atoms with van der Waals surface area (Å²) in [6, 6.07) is 9.90. The van der Waals surface area contributed by atoms with Crippen molar-refractivity contribution in [1.29, 1.82) is 5.26 Å². The van der Waals surface area contributed by atoms with Gasteiger partial charge in [-0.15, -0.1) is 0 Å². The number of nitriles is 1. The Morgan fingerprint density at radius 3 is 2.28 bits per heavy atom. The number of anilines is 1. The van der Waals surface area contributed by atoms with E-state index in [1.807, 2.05) is 52.0 Å². The maximum Gasteiger partial charge on any atom is 0.244 e. The van der Waals surface area contributed by atoms with Crippen molar-refractivity contribution in [3.8, 4) is 6.07 Å². The first-order valence-electron chi connectivity index (χ1n) is 6.29. The minimum Gasteiger partial charge on any atom is -0.312 e. The Hall–Kier alpha value is -1.82. The molecule has 0 heterocycles. The summed E-state index contributed by atoms with van der Waals surface area (Å²) in [6.45, 7) is 8.30. The van der Waals surface area contributed by atoms with Gasteiger partial charge in [-0.05, 0) is 31.9 Å². The lowest BCUT2D eigenvalue weighted by Crippen LogP contribution is -2.37. The number of carbonyl (C=O) groups excluding carboxylic acids is 1. The maximum absolute atomic E-state index is 12.3.